The third-order valence-corrected chi connectivity index (χ3v) is 8.81. The summed E-state index contributed by atoms with van der Waals surface area (Å²) in [5.74, 6) is -1.73. The topological polar surface area (TPSA) is 99.9 Å². The van der Waals surface area contributed by atoms with Gasteiger partial charge in [-0.2, -0.15) is 4.31 Å². The molecule has 1 fully saturated rings. The van der Waals surface area contributed by atoms with E-state index in [1.54, 1.807) is 74.1 Å². The summed E-state index contributed by atoms with van der Waals surface area (Å²) in [5, 5.41) is 10.3. The first kappa shape index (κ1) is 23.4. The van der Waals surface area contributed by atoms with Gasteiger partial charge in [-0.15, -0.1) is 0 Å². The SMILES string of the molecule is C/C=C/c1ccc2n(c1=O)C[C@@H]1[C@@H](CO)[C@H](C(=O)N(C)C)[C@H]2N1S(=O)(=O)c1ccccc1C. The van der Waals surface area contributed by atoms with E-state index >= 15 is 0 Å². The Kier molecular flexibility index (Phi) is 6.07. The molecular formula is C24H29N3O5S. The second kappa shape index (κ2) is 8.55. The van der Waals surface area contributed by atoms with Gasteiger partial charge >= 0.3 is 0 Å². The van der Waals surface area contributed by atoms with E-state index < -0.39 is 33.9 Å². The molecule has 0 spiro atoms. The van der Waals surface area contributed by atoms with Crippen LogP contribution in [0.1, 0.15) is 29.8 Å². The van der Waals surface area contributed by atoms with Gasteiger partial charge in [0.2, 0.25) is 15.9 Å². The smallest absolute Gasteiger partial charge is 0.258 e. The summed E-state index contributed by atoms with van der Waals surface area (Å²) in [7, 11) is -0.792. The van der Waals surface area contributed by atoms with Crippen molar-refractivity contribution < 1.29 is 18.3 Å². The number of aryl methyl sites for hydroxylation is 1. The molecule has 2 aliphatic heterocycles. The van der Waals surface area contributed by atoms with E-state index in [1.165, 1.54) is 9.21 Å². The zero-order valence-electron chi connectivity index (χ0n) is 19.2. The van der Waals surface area contributed by atoms with Crippen LogP contribution in [0.15, 0.2) is 52.2 Å². The molecule has 9 heteroatoms. The Morgan fingerprint density at radius 3 is 2.52 bits per heavy atom. The van der Waals surface area contributed by atoms with Crippen molar-refractivity contribution in [3.63, 3.8) is 0 Å². The minimum absolute atomic E-state index is 0.0730. The molecule has 2 bridgehead atoms. The third kappa shape index (κ3) is 3.55. The summed E-state index contributed by atoms with van der Waals surface area (Å²) in [6.07, 6.45) is 3.48. The van der Waals surface area contributed by atoms with Crippen molar-refractivity contribution in [2.24, 2.45) is 11.8 Å². The molecule has 2 aromatic rings. The van der Waals surface area contributed by atoms with Crippen LogP contribution in [-0.2, 0) is 21.4 Å². The Balaban J connectivity index is 1.98. The number of pyridine rings is 1. The summed E-state index contributed by atoms with van der Waals surface area (Å²) >= 11 is 0. The molecule has 1 saturated heterocycles. The summed E-state index contributed by atoms with van der Waals surface area (Å²) in [6.45, 7) is 3.25. The zero-order chi connectivity index (χ0) is 24.1. The van der Waals surface area contributed by atoms with Crippen molar-refractivity contribution in [3.8, 4) is 0 Å². The van der Waals surface area contributed by atoms with Crippen molar-refractivity contribution >= 4 is 22.0 Å². The number of sulfonamides is 1. The van der Waals surface area contributed by atoms with Crippen molar-refractivity contribution in [3.05, 3.63) is 69.6 Å². The predicted octanol–water partition coefficient (Wildman–Crippen LogP) is 1.63. The lowest BCUT2D eigenvalue weighted by atomic mass is 9.86. The summed E-state index contributed by atoms with van der Waals surface area (Å²) < 4.78 is 30.8. The summed E-state index contributed by atoms with van der Waals surface area (Å²) in [4.78, 5) is 28.1. The Labute approximate surface area is 193 Å². The van der Waals surface area contributed by atoms with Gasteiger partial charge < -0.3 is 14.6 Å². The zero-order valence-corrected chi connectivity index (χ0v) is 20.0. The number of aliphatic hydroxyl groups is 1. The highest BCUT2D eigenvalue weighted by Gasteiger charge is 2.60. The number of carbonyl (C=O) groups is 1. The highest BCUT2D eigenvalue weighted by molar-refractivity contribution is 7.89. The molecule has 0 radical (unpaired) electrons. The van der Waals surface area contributed by atoms with Gasteiger partial charge in [0.15, 0.2) is 0 Å². The number of hydrogen-bond acceptors (Lipinski definition) is 5. The van der Waals surface area contributed by atoms with E-state index in [4.69, 9.17) is 0 Å². The predicted molar refractivity (Wildman–Crippen MR) is 125 cm³/mol. The fourth-order valence-corrected chi connectivity index (χ4v) is 7.32. The first-order valence-corrected chi connectivity index (χ1v) is 12.4. The fourth-order valence-electron chi connectivity index (χ4n) is 5.25. The molecule has 0 unspecified atom stereocenters. The van der Waals surface area contributed by atoms with E-state index in [9.17, 15) is 23.1 Å². The molecular weight excluding hydrogens is 442 g/mol. The van der Waals surface area contributed by atoms with Crippen molar-refractivity contribution in [1.82, 2.24) is 13.8 Å². The number of aromatic nitrogens is 1. The molecule has 0 aliphatic carbocycles. The highest BCUT2D eigenvalue weighted by Crippen LogP contribution is 2.51. The Morgan fingerprint density at radius 1 is 1.21 bits per heavy atom. The minimum atomic E-state index is -4.02. The molecule has 3 heterocycles. The lowest BCUT2D eigenvalue weighted by Gasteiger charge is -2.37. The lowest BCUT2D eigenvalue weighted by Crippen LogP contribution is -2.49. The molecule has 0 saturated carbocycles. The second-order valence-electron chi connectivity index (χ2n) is 8.85. The number of nitrogens with zero attached hydrogens (tertiary/aromatic N) is 3. The van der Waals surface area contributed by atoms with E-state index in [0.29, 0.717) is 16.8 Å². The van der Waals surface area contributed by atoms with E-state index in [-0.39, 0.29) is 29.5 Å². The molecule has 1 amide bonds. The van der Waals surface area contributed by atoms with Gasteiger partial charge in [0.1, 0.15) is 0 Å². The van der Waals surface area contributed by atoms with Crippen LogP contribution < -0.4 is 5.56 Å². The quantitative estimate of drug-likeness (QED) is 0.715. The number of benzene rings is 1. The molecule has 176 valence electrons. The molecule has 1 aromatic carbocycles. The van der Waals surface area contributed by atoms with Gasteiger partial charge in [-0.1, -0.05) is 30.4 Å². The van der Waals surface area contributed by atoms with Gasteiger partial charge in [-0.3, -0.25) is 9.59 Å². The number of fused-ring (bicyclic) bond motifs is 4. The van der Waals surface area contributed by atoms with Crippen LogP contribution in [-0.4, -0.2) is 59.9 Å². The van der Waals surface area contributed by atoms with Crippen LogP contribution in [0.25, 0.3) is 6.08 Å². The monoisotopic (exact) mass is 471 g/mol. The Hall–Kier alpha value is -2.75. The maximum Gasteiger partial charge on any atom is 0.258 e. The van der Waals surface area contributed by atoms with Crippen molar-refractivity contribution in [1.29, 1.82) is 0 Å². The first-order chi connectivity index (χ1) is 15.6. The number of aliphatic hydroxyl groups excluding tert-OH is 1. The van der Waals surface area contributed by atoms with Crippen LogP contribution >= 0.6 is 0 Å². The minimum Gasteiger partial charge on any atom is -0.396 e. The van der Waals surface area contributed by atoms with E-state index in [1.807, 2.05) is 6.92 Å². The molecule has 4 rings (SSSR count). The van der Waals surface area contributed by atoms with E-state index in [2.05, 4.69) is 0 Å². The molecule has 33 heavy (non-hydrogen) atoms. The lowest BCUT2D eigenvalue weighted by molar-refractivity contribution is -0.135. The number of rotatable bonds is 5. The number of hydrogen-bond donors (Lipinski definition) is 1. The van der Waals surface area contributed by atoms with Crippen LogP contribution in [0.2, 0.25) is 0 Å². The normalized spacial score (nSPS) is 24.8. The largest absolute Gasteiger partial charge is 0.396 e. The van der Waals surface area contributed by atoms with Crippen LogP contribution in [0.5, 0.6) is 0 Å². The number of amides is 1. The number of carbonyl (C=O) groups excluding carboxylic acids is 1. The average molecular weight is 472 g/mol. The van der Waals surface area contributed by atoms with Gasteiger partial charge in [0.25, 0.3) is 5.56 Å². The van der Waals surface area contributed by atoms with Crippen LogP contribution in [0.3, 0.4) is 0 Å². The maximum absolute atomic E-state index is 14.0. The molecule has 4 atom stereocenters. The molecule has 8 nitrogen and oxygen atoms in total. The highest BCUT2D eigenvalue weighted by atomic mass is 32.2. The van der Waals surface area contributed by atoms with Gasteiger partial charge in [0.05, 0.1) is 16.9 Å². The van der Waals surface area contributed by atoms with Crippen molar-refractivity contribution in [2.75, 3.05) is 20.7 Å². The van der Waals surface area contributed by atoms with Gasteiger partial charge in [0, 0.05) is 50.5 Å². The standard InChI is InChI=1S/C24H29N3O5S/c1-5-8-16-11-12-18-22-21(24(30)25(3)4)17(14-28)19(13-26(18)23(16)29)27(22)33(31,32)20-10-7-6-9-15(20)2/h5-12,17,19,21-22,28H,13-14H2,1-4H3/b8-5+/t17-,19-,21+,22+/m1/s1. The van der Waals surface area contributed by atoms with Gasteiger partial charge in [-0.25, -0.2) is 8.42 Å². The van der Waals surface area contributed by atoms with E-state index in [0.717, 1.165) is 0 Å². The second-order valence-corrected chi connectivity index (χ2v) is 10.7. The van der Waals surface area contributed by atoms with Crippen LogP contribution in [0.4, 0.5) is 0 Å². The maximum atomic E-state index is 14.0. The first-order valence-electron chi connectivity index (χ1n) is 10.9. The van der Waals surface area contributed by atoms with Gasteiger partial charge in [-0.05, 0) is 37.6 Å². The molecule has 1 N–H and O–H groups in total. The fraction of sp³-hybridized carbons (Fsp3) is 0.417. The van der Waals surface area contributed by atoms with Crippen molar-refractivity contribution in [2.45, 2.75) is 37.4 Å². The molecule has 1 aromatic heterocycles. The Morgan fingerprint density at radius 2 is 1.91 bits per heavy atom. The average Bonchev–Trinajstić information content (AvgIpc) is 3.03. The number of allylic oxidation sites excluding steroid dienone is 1. The Bertz CT molecular complexity index is 1280. The third-order valence-electron chi connectivity index (χ3n) is 6.74. The summed E-state index contributed by atoms with van der Waals surface area (Å²) in [6, 6.07) is 8.48. The van der Waals surface area contributed by atoms with Crippen LogP contribution in [0, 0.1) is 18.8 Å². The molecule has 2 aliphatic rings. The summed E-state index contributed by atoms with van der Waals surface area (Å²) in [5.41, 5.74) is 1.33.